The molecular formula is C19H16Cl2N2O3. The fourth-order valence-electron chi connectivity index (χ4n) is 3.16. The molecule has 26 heavy (non-hydrogen) atoms. The maximum atomic E-state index is 12.7. The van der Waals surface area contributed by atoms with E-state index < -0.39 is 5.60 Å². The summed E-state index contributed by atoms with van der Waals surface area (Å²) in [5, 5.41) is 11.0. The standard InChI is InChI=1S/C19H16Cl2N2O3/c1-19(25)4-5-23(10-19)18(24)11-2-3-15-16(8-11)26-17(22-15)12-6-13(20)9-14(21)7-12/h2-3,6-9,25H,4-5,10H2,1H3. The molecule has 1 aliphatic rings. The van der Waals surface area contributed by atoms with Crippen molar-refractivity contribution in [2.45, 2.75) is 18.9 Å². The number of β-amino-alcohol motifs (C(OH)–C–C–N with tert-alkyl or cyclic N) is 1. The highest BCUT2D eigenvalue weighted by molar-refractivity contribution is 6.35. The molecule has 0 aliphatic carbocycles. The van der Waals surface area contributed by atoms with E-state index in [9.17, 15) is 9.90 Å². The molecule has 0 spiro atoms. The Bertz CT molecular complexity index is 993. The lowest BCUT2D eigenvalue weighted by atomic mass is 10.1. The molecule has 3 aromatic rings. The van der Waals surface area contributed by atoms with Crippen LogP contribution in [0.3, 0.4) is 0 Å². The minimum absolute atomic E-state index is 0.131. The van der Waals surface area contributed by atoms with Gasteiger partial charge >= 0.3 is 0 Å². The van der Waals surface area contributed by atoms with E-state index in [4.69, 9.17) is 27.6 Å². The molecular weight excluding hydrogens is 375 g/mol. The zero-order valence-corrected chi connectivity index (χ0v) is 15.5. The Balaban J connectivity index is 1.67. The molecule has 1 unspecified atom stereocenters. The van der Waals surface area contributed by atoms with Gasteiger partial charge in [-0.15, -0.1) is 0 Å². The Morgan fingerprint density at radius 3 is 2.62 bits per heavy atom. The monoisotopic (exact) mass is 390 g/mol. The number of halogens is 2. The maximum absolute atomic E-state index is 12.7. The SMILES string of the molecule is CC1(O)CCN(C(=O)c2ccc3nc(-c4cc(Cl)cc(Cl)c4)oc3c2)C1. The first-order valence-electron chi connectivity index (χ1n) is 8.19. The number of aliphatic hydroxyl groups is 1. The molecule has 1 N–H and O–H groups in total. The quantitative estimate of drug-likeness (QED) is 0.703. The number of likely N-dealkylation sites (tertiary alicyclic amines) is 1. The third-order valence-corrected chi connectivity index (χ3v) is 4.92. The van der Waals surface area contributed by atoms with Crippen molar-refractivity contribution >= 4 is 40.2 Å². The van der Waals surface area contributed by atoms with E-state index in [-0.39, 0.29) is 5.91 Å². The summed E-state index contributed by atoms with van der Waals surface area (Å²) in [4.78, 5) is 18.7. The van der Waals surface area contributed by atoms with E-state index in [0.29, 0.717) is 57.7 Å². The van der Waals surface area contributed by atoms with Gasteiger partial charge in [0.1, 0.15) is 5.52 Å². The van der Waals surface area contributed by atoms with E-state index in [0.717, 1.165) is 0 Å². The molecule has 2 aromatic carbocycles. The Hall–Kier alpha value is -2.08. The van der Waals surface area contributed by atoms with Crippen LogP contribution < -0.4 is 0 Å². The number of amides is 1. The van der Waals surface area contributed by atoms with Crippen LogP contribution in [0, 0.1) is 0 Å². The number of rotatable bonds is 2. The fraction of sp³-hybridized carbons (Fsp3) is 0.263. The van der Waals surface area contributed by atoms with Crippen LogP contribution in [0.15, 0.2) is 40.8 Å². The van der Waals surface area contributed by atoms with Crippen LogP contribution in [0.4, 0.5) is 0 Å². The number of carbonyl (C=O) groups is 1. The molecule has 1 atom stereocenters. The van der Waals surface area contributed by atoms with Crippen molar-refractivity contribution in [1.29, 1.82) is 0 Å². The first-order chi connectivity index (χ1) is 12.3. The van der Waals surface area contributed by atoms with Gasteiger partial charge in [0.15, 0.2) is 5.58 Å². The lowest BCUT2D eigenvalue weighted by Crippen LogP contribution is -2.33. The number of aromatic nitrogens is 1. The van der Waals surface area contributed by atoms with Gasteiger partial charge in [0.2, 0.25) is 5.89 Å². The third kappa shape index (κ3) is 3.30. The summed E-state index contributed by atoms with van der Waals surface area (Å²) in [7, 11) is 0. The Morgan fingerprint density at radius 1 is 1.23 bits per heavy atom. The average Bonchev–Trinajstić information content (AvgIpc) is 3.15. The highest BCUT2D eigenvalue weighted by Gasteiger charge is 2.34. The molecule has 2 heterocycles. The van der Waals surface area contributed by atoms with Gasteiger partial charge in [0.05, 0.1) is 5.60 Å². The van der Waals surface area contributed by atoms with Crippen LogP contribution >= 0.6 is 23.2 Å². The van der Waals surface area contributed by atoms with E-state index in [1.807, 2.05) is 0 Å². The third-order valence-electron chi connectivity index (χ3n) is 4.48. The van der Waals surface area contributed by atoms with Crippen LogP contribution in [-0.2, 0) is 0 Å². The van der Waals surface area contributed by atoms with Crippen molar-refractivity contribution in [2.24, 2.45) is 0 Å². The van der Waals surface area contributed by atoms with Gasteiger partial charge in [0.25, 0.3) is 5.91 Å². The zero-order valence-electron chi connectivity index (χ0n) is 14.0. The molecule has 4 rings (SSSR count). The van der Waals surface area contributed by atoms with Crippen LogP contribution in [0.25, 0.3) is 22.6 Å². The summed E-state index contributed by atoms with van der Waals surface area (Å²) in [5.74, 6) is 0.256. The van der Waals surface area contributed by atoms with E-state index >= 15 is 0 Å². The van der Waals surface area contributed by atoms with Crippen molar-refractivity contribution < 1.29 is 14.3 Å². The molecule has 1 saturated heterocycles. The van der Waals surface area contributed by atoms with Crippen molar-refractivity contribution in [3.05, 3.63) is 52.0 Å². The number of benzene rings is 2. The lowest BCUT2D eigenvalue weighted by Gasteiger charge is -2.18. The summed E-state index contributed by atoms with van der Waals surface area (Å²) in [6.07, 6.45) is 0.572. The van der Waals surface area contributed by atoms with E-state index in [1.165, 1.54) is 0 Å². The summed E-state index contributed by atoms with van der Waals surface area (Å²) in [5.41, 5.74) is 1.49. The van der Waals surface area contributed by atoms with E-state index in [2.05, 4.69) is 4.98 Å². The molecule has 0 bridgehead atoms. The summed E-state index contributed by atoms with van der Waals surface area (Å²) >= 11 is 12.1. The second kappa shape index (κ2) is 6.27. The highest BCUT2D eigenvalue weighted by Crippen LogP contribution is 2.30. The molecule has 0 saturated carbocycles. The number of hydrogen-bond donors (Lipinski definition) is 1. The smallest absolute Gasteiger partial charge is 0.254 e. The normalized spacial score (nSPS) is 20.1. The van der Waals surface area contributed by atoms with Crippen molar-refractivity contribution in [1.82, 2.24) is 9.88 Å². The number of carbonyl (C=O) groups excluding carboxylic acids is 1. The summed E-state index contributed by atoms with van der Waals surface area (Å²) < 4.78 is 5.81. The molecule has 1 fully saturated rings. The molecule has 7 heteroatoms. The molecule has 1 amide bonds. The van der Waals surface area contributed by atoms with E-state index in [1.54, 1.807) is 48.2 Å². The minimum atomic E-state index is -0.828. The van der Waals surface area contributed by atoms with Crippen molar-refractivity contribution in [2.75, 3.05) is 13.1 Å². The van der Waals surface area contributed by atoms with Gasteiger partial charge in [-0.1, -0.05) is 23.2 Å². The minimum Gasteiger partial charge on any atom is -0.436 e. The Kier molecular flexibility index (Phi) is 4.18. The molecule has 1 aromatic heterocycles. The summed E-state index contributed by atoms with van der Waals surface area (Å²) in [6, 6.07) is 10.2. The van der Waals surface area contributed by atoms with Gasteiger partial charge in [-0.25, -0.2) is 4.98 Å². The van der Waals surface area contributed by atoms with Crippen LogP contribution in [0.1, 0.15) is 23.7 Å². The van der Waals surface area contributed by atoms with Gasteiger partial charge in [0, 0.05) is 34.3 Å². The molecule has 5 nitrogen and oxygen atoms in total. The maximum Gasteiger partial charge on any atom is 0.254 e. The summed E-state index contributed by atoms with van der Waals surface area (Å²) in [6.45, 7) is 2.60. The largest absolute Gasteiger partial charge is 0.436 e. The number of oxazole rings is 1. The first-order valence-corrected chi connectivity index (χ1v) is 8.95. The van der Waals surface area contributed by atoms with Gasteiger partial charge in [-0.2, -0.15) is 0 Å². The predicted molar refractivity (Wildman–Crippen MR) is 101 cm³/mol. The average molecular weight is 391 g/mol. The van der Waals surface area contributed by atoms with Crippen LogP contribution in [0.2, 0.25) is 10.0 Å². The Labute approximate surface area is 160 Å². The van der Waals surface area contributed by atoms with Crippen LogP contribution in [0.5, 0.6) is 0 Å². The molecule has 1 aliphatic heterocycles. The molecule has 134 valence electrons. The molecule has 0 radical (unpaired) electrons. The predicted octanol–water partition coefficient (Wildman–Crippen LogP) is 4.40. The Morgan fingerprint density at radius 2 is 1.96 bits per heavy atom. The first kappa shape index (κ1) is 17.3. The lowest BCUT2D eigenvalue weighted by molar-refractivity contribution is 0.0572. The highest BCUT2D eigenvalue weighted by atomic mass is 35.5. The second-order valence-corrected chi connectivity index (χ2v) is 7.71. The van der Waals surface area contributed by atoms with Crippen molar-refractivity contribution in [3.63, 3.8) is 0 Å². The number of nitrogens with zero attached hydrogens (tertiary/aromatic N) is 2. The van der Waals surface area contributed by atoms with Crippen molar-refractivity contribution in [3.8, 4) is 11.5 Å². The van der Waals surface area contributed by atoms with Gasteiger partial charge in [-0.05, 0) is 49.7 Å². The topological polar surface area (TPSA) is 66.6 Å². The number of hydrogen-bond acceptors (Lipinski definition) is 4. The van der Waals surface area contributed by atoms with Gasteiger partial charge in [-0.3, -0.25) is 4.79 Å². The number of fused-ring (bicyclic) bond motifs is 1. The van der Waals surface area contributed by atoms with Crippen LogP contribution in [-0.4, -0.2) is 39.6 Å². The zero-order chi connectivity index (χ0) is 18.5. The fourth-order valence-corrected chi connectivity index (χ4v) is 3.69. The second-order valence-electron chi connectivity index (χ2n) is 6.83. The van der Waals surface area contributed by atoms with Gasteiger partial charge < -0.3 is 14.4 Å².